The third kappa shape index (κ3) is 4.88. The molecule has 1 aromatic rings. The van der Waals surface area contributed by atoms with Crippen molar-refractivity contribution in [2.75, 3.05) is 0 Å². The average molecular weight is 254 g/mol. The summed E-state index contributed by atoms with van der Waals surface area (Å²) in [7, 11) is 0. The molecule has 0 unspecified atom stereocenters. The van der Waals surface area contributed by atoms with E-state index in [0.29, 0.717) is 12.5 Å². The van der Waals surface area contributed by atoms with E-state index in [4.69, 9.17) is 5.73 Å². The summed E-state index contributed by atoms with van der Waals surface area (Å²) in [5.74, 6) is 0.398. The van der Waals surface area contributed by atoms with Crippen LogP contribution >= 0.6 is 11.3 Å². The maximum Gasteiger partial charge on any atom is 0.237 e. The molecule has 96 valence electrons. The van der Waals surface area contributed by atoms with Crippen LogP contribution in [0.4, 0.5) is 0 Å². The SMILES string of the molecule is CCc1ccc(CNC(=O)[C@@H](N)CC(C)C)s1. The maximum atomic E-state index is 11.7. The molecule has 1 aromatic heterocycles. The first kappa shape index (κ1) is 14.2. The summed E-state index contributed by atoms with van der Waals surface area (Å²) < 4.78 is 0. The zero-order valence-electron chi connectivity index (χ0n) is 10.8. The molecule has 17 heavy (non-hydrogen) atoms. The number of carbonyl (C=O) groups excluding carboxylic acids is 1. The van der Waals surface area contributed by atoms with Gasteiger partial charge in [-0.05, 0) is 30.9 Å². The van der Waals surface area contributed by atoms with E-state index in [1.54, 1.807) is 11.3 Å². The predicted molar refractivity (Wildman–Crippen MR) is 73.0 cm³/mol. The third-order valence-electron chi connectivity index (χ3n) is 2.56. The maximum absolute atomic E-state index is 11.7. The molecule has 0 aliphatic heterocycles. The van der Waals surface area contributed by atoms with Gasteiger partial charge < -0.3 is 11.1 Å². The summed E-state index contributed by atoms with van der Waals surface area (Å²) in [6.45, 7) is 6.86. The highest BCUT2D eigenvalue weighted by Crippen LogP contribution is 2.16. The van der Waals surface area contributed by atoms with Crippen LogP contribution in [0, 0.1) is 5.92 Å². The number of rotatable bonds is 6. The van der Waals surface area contributed by atoms with Crippen LogP contribution in [-0.2, 0) is 17.8 Å². The number of amides is 1. The Morgan fingerprint density at radius 3 is 2.59 bits per heavy atom. The molecular formula is C13H22N2OS. The lowest BCUT2D eigenvalue weighted by Gasteiger charge is -2.13. The molecular weight excluding hydrogens is 232 g/mol. The fourth-order valence-electron chi connectivity index (χ4n) is 1.63. The molecule has 0 saturated heterocycles. The van der Waals surface area contributed by atoms with Crippen LogP contribution in [0.1, 0.15) is 36.9 Å². The second-order valence-electron chi connectivity index (χ2n) is 4.68. The van der Waals surface area contributed by atoms with Crippen molar-refractivity contribution >= 4 is 17.2 Å². The first-order valence-electron chi connectivity index (χ1n) is 6.13. The van der Waals surface area contributed by atoms with Crippen molar-refractivity contribution in [3.05, 3.63) is 21.9 Å². The van der Waals surface area contributed by atoms with E-state index >= 15 is 0 Å². The third-order valence-corrected chi connectivity index (χ3v) is 3.79. The Balaban J connectivity index is 2.37. The number of thiophene rings is 1. The van der Waals surface area contributed by atoms with E-state index in [2.05, 4.69) is 38.2 Å². The largest absolute Gasteiger partial charge is 0.350 e. The molecule has 1 amide bonds. The first-order chi connectivity index (χ1) is 8.02. The molecule has 0 saturated carbocycles. The van der Waals surface area contributed by atoms with Gasteiger partial charge in [0, 0.05) is 9.75 Å². The molecule has 0 aromatic carbocycles. The van der Waals surface area contributed by atoms with E-state index in [9.17, 15) is 4.79 Å². The number of nitrogens with one attached hydrogen (secondary N) is 1. The Kier molecular flexibility index (Phi) is 5.65. The Bertz CT molecular complexity index is 360. The van der Waals surface area contributed by atoms with E-state index in [1.807, 2.05) is 0 Å². The molecule has 0 aliphatic rings. The van der Waals surface area contributed by atoms with Crippen molar-refractivity contribution in [3.8, 4) is 0 Å². The van der Waals surface area contributed by atoms with Crippen LogP contribution in [0.25, 0.3) is 0 Å². The van der Waals surface area contributed by atoms with Gasteiger partial charge in [-0.25, -0.2) is 0 Å². The van der Waals surface area contributed by atoms with Crippen molar-refractivity contribution in [1.29, 1.82) is 0 Å². The lowest BCUT2D eigenvalue weighted by molar-refractivity contribution is -0.122. The smallest absolute Gasteiger partial charge is 0.237 e. The lowest BCUT2D eigenvalue weighted by atomic mass is 10.0. The molecule has 0 fully saturated rings. The fourth-order valence-corrected chi connectivity index (χ4v) is 2.53. The van der Waals surface area contributed by atoms with Gasteiger partial charge in [0.1, 0.15) is 0 Å². The fraction of sp³-hybridized carbons (Fsp3) is 0.615. The molecule has 3 nitrogen and oxygen atoms in total. The molecule has 3 N–H and O–H groups in total. The van der Waals surface area contributed by atoms with Crippen LogP contribution in [-0.4, -0.2) is 11.9 Å². The number of hydrogen-bond donors (Lipinski definition) is 2. The van der Waals surface area contributed by atoms with E-state index in [1.165, 1.54) is 9.75 Å². The minimum absolute atomic E-state index is 0.0508. The molecule has 4 heteroatoms. The molecule has 0 spiro atoms. The summed E-state index contributed by atoms with van der Waals surface area (Å²) in [5.41, 5.74) is 5.81. The molecule has 0 bridgehead atoms. The van der Waals surface area contributed by atoms with Crippen molar-refractivity contribution < 1.29 is 4.79 Å². The summed E-state index contributed by atoms with van der Waals surface area (Å²) in [6.07, 6.45) is 1.78. The Labute approximate surface area is 107 Å². The molecule has 1 heterocycles. The van der Waals surface area contributed by atoms with Crippen LogP contribution < -0.4 is 11.1 Å². The minimum atomic E-state index is -0.388. The Morgan fingerprint density at radius 2 is 2.06 bits per heavy atom. The number of hydrogen-bond acceptors (Lipinski definition) is 3. The molecule has 1 atom stereocenters. The minimum Gasteiger partial charge on any atom is -0.350 e. The van der Waals surface area contributed by atoms with Gasteiger partial charge >= 0.3 is 0 Å². The summed E-state index contributed by atoms with van der Waals surface area (Å²) in [6, 6.07) is 3.79. The van der Waals surface area contributed by atoms with Gasteiger partial charge in [0.2, 0.25) is 5.91 Å². The summed E-state index contributed by atoms with van der Waals surface area (Å²) >= 11 is 1.74. The topological polar surface area (TPSA) is 55.1 Å². The van der Waals surface area contributed by atoms with Gasteiger partial charge in [0.15, 0.2) is 0 Å². The van der Waals surface area contributed by atoms with Crippen molar-refractivity contribution in [3.63, 3.8) is 0 Å². The van der Waals surface area contributed by atoms with E-state index in [0.717, 1.165) is 12.8 Å². The zero-order chi connectivity index (χ0) is 12.8. The zero-order valence-corrected chi connectivity index (χ0v) is 11.6. The van der Waals surface area contributed by atoms with Gasteiger partial charge in [0.05, 0.1) is 12.6 Å². The molecule has 0 aliphatic carbocycles. The highest BCUT2D eigenvalue weighted by molar-refractivity contribution is 7.11. The average Bonchev–Trinajstić information content (AvgIpc) is 2.72. The van der Waals surface area contributed by atoms with Crippen LogP contribution in [0.15, 0.2) is 12.1 Å². The lowest BCUT2D eigenvalue weighted by Crippen LogP contribution is -2.40. The second-order valence-corrected chi connectivity index (χ2v) is 5.93. The highest BCUT2D eigenvalue weighted by Gasteiger charge is 2.14. The summed E-state index contributed by atoms with van der Waals surface area (Å²) in [5, 5.41) is 2.89. The van der Waals surface area contributed by atoms with Crippen LogP contribution in [0.2, 0.25) is 0 Å². The van der Waals surface area contributed by atoms with Crippen molar-refractivity contribution in [1.82, 2.24) is 5.32 Å². The van der Waals surface area contributed by atoms with E-state index < -0.39 is 0 Å². The Hall–Kier alpha value is -0.870. The van der Waals surface area contributed by atoms with Crippen LogP contribution in [0.5, 0.6) is 0 Å². The van der Waals surface area contributed by atoms with Gasteiger partial charge in [-0.2, -0.15) is 0 Å². The molecule has 1 rings (SSSR count). The summed E-state index contributed by atoms with van der Waals surface area (Å²) in [4.78, 5) is 14.2. The van der Waals surface area contributed by atoms with Gasteiger partial charge in [0.25, 0.3) is 0 Å². The van der Waals surface area contributed by atoms with Crippen molar-refractivity contribution in [2.24, 2.45) is 11.7 Å². The molecule has 0 radical (unpaired) electrons. The first-order valence-corrected chi connectivity index (χ1v) is 6.95. The number of nitrogens with two attached hydrogens (primary N) is 1. The van der Waals surface area contributed by atoms with Gasteiger partial charge in [-0.1, -0.05) is 20.8 Å². The standard InChI is InChI=1S/C13H22N2OS/c1-4-10-5-6-11(17-10)8-15-13(16)12(14)7-9(2)3/h5-6,9,12H,4,7-8,14H2,1-3H3,(H,15,16)/t12-/m0/s1. The quantitative estimate of drug-likeness (QED) is 0.818. The van der Waals surface area contributed by atoms with E-state index in [-0.39, 0.29) is 11.9 Å². The normalized spacial score (nSPS) is 12.8. The predicted octanol–water partition coefficient (Wildman–Crippen LogP) is 2.30. The Morgan fingerprint density at radius 1 is 1.41 bits per heavy atom. The monoisotopic (exact) mass is 254 g/mol. The van der Waals surface area contributed by atoms with Gasteiger partial charge in [-0.15, -0.1) is 11.3 Å². The second kappa shape index (κ2) is 6.77. The number of carbonyl (C=O) groups is 1. The highest BCUT2D eigenvalue weighted by atomic mass is 32.1. The van der Waals surface area contributed by atoms with Gasteiger partial charge in [-0.3, -0.25) is 4.79 Å². The van der Waals surface area contributed by atoms with Crippen molar-refractivity contribution in [2.45, 2.75) is 46.2 Å². The number of aryl methyl sites for hydroxylation is 1. The van der Waals surface area contributed by atoms with Crippen LogP contribution in [0.3, 0.4) is 0 Å².